The summed E-state index contributed by atoms with van der Waals surface area (Å²) in [6, 6.07) is 9.86. The monoisotopic (exact) mass is 256 g/mol. The van der Waals surface area contributed by atoms with Crippen LogP contribution in [0, 0.1) is 6.92 Å². The van der Waals surface area contributed by atoms with Crippen molar-refractivity contribution in [1.29, 1.82) is 0 Å². The SMILES string of the molecule is Cc1cc(CO)nc(C2COc3ccccc3C2)n1. The van der Waals surface area contributed by atoms with Gasteiger partial charge in [0.25, 0.3) is 0 Å². The number of benzene rings is 1. The number of aryl methyl sites for hydroxylation is 1. The minimum Gasteiger partial charge on any atom is -0.493 e. The standard InChI is InChI=1S/C15H16N2O2/c1-10-6-13(8-18)17-15(16-10)12-7-11-4-2-3-5-14(11)19-9-12/h2-6,12,18H,7-9H2,1H3. The summed E-state index contributed by atoms with van der Waals surface area (Å²) in [4.78, 5) is 8.88. The predicted molar refractivity (Wildman–Crippen MR) is 71.1 cm³/mol. The molecule has 2 heterocycles. The van der Waals surface area contributed by atoms with Gasteiger partial charge in [0.1, 0.15) is 11.6 Å². The highest BCUT2D eigenvalue weighted by molar-refractivity contribution is 5.36. The fourth-order valence-electron chi connectivity index (χ4n) is 2.42. The first-order chi connectivity index (χ1) is 9.26. The first-order valence-electron chi connectivity index (χ1n) is 6.42. The van der Waals surface area contributed by atoms with E-state index in [2.05, 4.69) is 16.0 Å². The Morgan fingerprint density at radius 2 is 2.16 bits per heavy atom. The Morgan fingerprint density at radius 3 is 3.00 bits per heavy atom. The highest BCUT2D eigenvalue weighted by Crippen LogP contribution is 2.30. The van der Waals surface area contributed by atoms with Crippen molar-refractivity contribution in [2.24, 2.45) is 0 Å². The van der Waals surface area contributed by atoms with Crippen molar-refractivity contribution >= 4 is 0 Å². The van der Waals surface area contributed by atoms with Gasteiger partial charge in [0, 0.05) is 5.69 Å². The van der Waals surface area contributed by atoms with Gasteiger partial charge in [-0.2, -0.15) is 0 Å². The van der Waals surface area contributed by atoms with E-state index in [1.54, 1.807) is 6.07 Å². The Balaban J connectivity index is 1.90. The van der Waals surface area contributed by atoms with Crippen LogP contribution in [0.5, 0.6) is 5.75 Å². The van der Waals surface area contributed by atoms with Gasteiger partial charge in [-0.3, -0.25) is 0 Å². The number of aliphatic hydroxyl groups is 1. The molecule has 1 aliphatic rings. The zero-order valence-corrected chi connectivity index (χ0v) is 10.8. The predicted octanol–water partition coefficient (Wildman–Crippen LogP) is 2.00. The van der Waals surface area contributed by atoms with E-state index in [1.165, 1.54) is 5.56 Å². The molecule has 4 heteroatoms. The Bertz CT molecular complexity index is 598. The van der Waals surface area contributed by atoms with E-state index in [0.717, 1.165) is 23.7 Å². The molecule has 2 aromatic rings. The molecular weight excluding hydrogens is 240 g/mol. The molecular formula is C15H16N2O2. The fourth-order valence-corrected chi connectivity index (χ4v) is 2.42. The van der Waals surface area contributed by atoms with Gasteiger partial charge >= 0.3 is 0 Å². The fraction of sp³-hybridized carbons (Fsp3) is 0.333. The molecule has 0 aliphatic carbocycles. The zero-order chi connectivity index (χ0) is 13.2. The van der Waals surface area contributed by atoms with Crippen molar-refractivity contribution in [3.63, 3.8) is 0 Å². The molecule has 0 bridgehead atoms. The van der Waals surface area contributed by atoms with E-state index in [4.69, 9.17) is 4.74 Å². The normalized spacial score (nSPS) is 17.7. The van der Waals surface area contributed by atoms with E-state index >= 15 is 0 Å². The van der Waals surface area contributed by atoms with Crippen LogP contribution < -0.4 is 4.74 Å². The van der Waals surface area contributed by atoms with Crippen LogP contribution in [-0.4, -0.2) is 21.7 Å². The molecule has 0 spiro atoms. The summed E-state index contributed by atoms with van der Waals surface area (Å²) in [5.41, 5.74) is 2.74. The third-order valence-electron chi connectivity index (χ3n) is 3.33. The lowest BCUT2D eigenvalue weighted by atomic mass is 9.96. The van der Waals surface area contributed by atoms with Crippen molar-refractivity contribution in [1.82, 2.24) is 9.97 Å². The third-order valence-corrected chi connectivity index (χ3v) is 3.33. The number of nitrogens with zero attached hydrogens (tertiary/aromatic N) is 2. The second-order valence-corrected chi connectivity index (χ2v) is 4.84. The second kappa shape index (κ2) is 4.97. The molecule has 1 unspecified atom stereocenters. The lowest BCUT2D eigenvalue weighted by molar-refractivity contribution is 0.254. The van der Waals surface area contributed by atoms with Crippen LogP contribution in [0.1, 0.15) is 28.7 Å². The third kappa shape index (κ3) is 2.44. The average molecular weight is 256 g/mol. The first kappa shape index (κ1) is 12.1. The summed E-state index contributed by atoms with van der Waals surface area (Å²) in [5.74, 6) is 1.87. The van der Waals surface area contributed by atoms with E-state index in [-0.39, 0.29) is 12.5 Å². The molecule has 0 saturated carbocycles. The van der Waals surface area contributed by atoms with E-state index in [0.29, 0.717) is 12.3 Å². The number of para-hydroxylation sites is 1. The van der Waals surface area contributed by atoms with Crippen LogP contribution in [0.4, 0.5) is 0 Å². The minimum absolute atomic E-state index is 0.0550. The highest BCUT2D eigenvalue weighted by Gasteiger charge is 2.23. The number of aromatic nitrogens is 2. The molecule has 1 atom stereocenters. The molecule has 0 radical (unpaired) electrons. The average Bonchev–Trinajstić information content (AvgIpc) is 2.46. The summed E-state index contributed by atoms with van der Waals surface area (Å²) in [6.07, 6.45) is 0.879. The molecule has 98 valence electrons. The maximum Gasteiger partial charge on any atom is 0.135 e. The molecule has 1 aromatic heterocycles. The van der Waals surface area contributed by atoms with Gasteiger partial charge in [-0.05, 0) is 31.0 Å². The largest absolute Gasteiger partial charge is 0.493 e. The quantitative estimate of drug-likeness (QED) is 0.893. The van der Waals surface area contributed by atoms with Gasteiger partial charge in [0.05, 0.1) is 24.8 Å². The van der Waals surface area contributed by atoms with Gasteiger partial charge in [-0.25, -0.2) is 9.97 Å². The molecule has 1 aromatic carbocycles. The first-order valence-corrected chi connectivity index (χ1v) is 6.42. The zero-order valence-electron chi connectivity index (χ0n) is 10.8. The highest BCUT2D eigenvalue weighted by atomic mass is 16.5. The Labute approximate surface area is 112 Å². The lowest BCUT2D eigenvalue weighted by Gasteiger charge is -2.24. The number of ether oxygens (including phenoxy) is 1. The summed E-state index contributed by atoms with van der Waals surface area (Å²) < 4.78 is 5.76. The van der Waals surface area contributed by atoms with E-state index in [9.17, 15) is 5.11 Å². The van der Waals surface area contributed by atoms with Gasteiger partial charge in [0.2, 0.25) is 0 Å². The topological polar surface area (TPSA) is 55.2 Å². The number of hydrogen-bond donors (Lipinski definition) is 1. The van der Waals surface area contributed by atoms with Crippen molar-refractivity contribution in [2.75, 3.05) is 6.61 Å². The molecule has 0 saturated heterocycles. The number of aliphatic hydroxyl groups excluding tert-OH is 1. The number of rotatable bonds is 2. The second-order valence-electron chi connectivity index (χ2n) is 4.84. The Morgan fingerprint density at radius 1 is 1.32 bits per heavy atom. The van der Waals surface area contributed by atoms with E-state index in [1.807, 2.05) is 25.1 Å². The van der Waals surface area contributed by atoms with Crippen LogP contribution >= 0.6 is 0 Å². The minimum atomic E-state index is -0.0550. The van der Waals surface area contributed by atoms with Gasteiger partial charge in [-0.1, -0.05) is 18.2 Å². The van der Waals surface area contributed by atoms with Crippen LogP contribution in [0.2, 0.25) is 0 Å². The molecule has 1 aliphatic heterocycles. The van der Waals surface area contributed by atoms with Gasteiger partial charge < -0.3 is 9.84 Å². The van der Waals surface area contributed by atoms with Crippen LogP contribution in [-0.2, 0) is 13.0 Å². The van der Waals surface area contributed by atoms with Gasteiger partial charge in [-0.15, -0.1) is 0 Å². The smallest absolute Gasteiger partial charge is 0.135 e. The molecule has 1 N–H and O–H groups in total. The molecule has 4 nitrogen and oxygen atoms in total. The molecule has 0 fully saturated rings. The maximum atomic E-state index is 9.22. The summed E-state index contributed by atoms with van der Waals surface area (Å²) in [5, 5.41) is 9.22. The lowest BCUT2D eigenvalue weighted by Crippen LogP contribution is -2.21. The van der Waals surface area contributed by atoms with Crippen LogP contribution in [0.3, 0.4) is 0 Å². The van der Waals surface area contributed by atoms with Crippen molar-refractivity contribution in [3.8, 4) is 5.75 Å². The van der Waals surface area contributed by atoms with E-state index < -0.39 is 0 Å². The Kier molecular flexibility index (Phi) is 3.17. The summed E-state index contributed by atoms with van der Waals surface area (Å²) in [6.45, 7) is 2.45. The van der Waals surface area contributed by atoms with Crippen molar-refractivity contribution in [2.45, 2.75) is 25.9 Å². The molecule has 0 amide bonds. The van der Waals surface area contributed by atoms with Crippen LogP contribution in [0.15, 0.2) is 30.3 Å². The molecule has 19 heavy (non-hydrogen) atoms. The maximum absolute atomic E-state index is 9.22. The van der Waals surface area contributed by atoms with Gasteiger partial charge in [0.15, 0.2) is 0 Å². The number of fused-ring (bicyclic) bond motifs is 1. The summed E-state index contributed by atoms with van der Waals surface area (Å²) in [7, 11) is 0. The van der Waals surface area contributed by atoms with Crippen molar-refractivity contribution < 1.29 is 9.84 Å². The van der Waals surface area contributed by atoms with Crippen molar-refractivity contribution in [3.05, 3.63) is 53.1 Å². The molecule has 3 rings (SSSR count). The Hall–Kier alpha value is -1.94. The van der Waals surface area contributed by atoms with Crippen LogP contribution in [0.25, 0.3) is 0 Å². The summed E-state index contributed by atoms with van der Waals surface area (Å²) >= 11 is 0. The number of hydrogen-bond acceptors (Lipinski definition) is 4.